The van der Waals surface area contributed by atoms with Gasteiger partial charge in [-0.2, -0.15) is 0 Å². The Bertz CT molecular complexity index is 1350. The van der Waals surface area contributed by atoms with E-state index < -0.39 is 17.3 Å². The number of rotatable bonds is 8. The number of carbonyl (C=O) groups is 2. The molecular formula is C28H33FN4O4. The summed E-state index contributed by atoms with van der Waals surface area (Å²) in [6.45, 7) is 5.82. The number of aryl methyl sites for hydroxylation is 2. The summed E-state index contributed by atoms with van der Waals surface area (Å²) in [5.41, 5.74) is 7.76. The molecule has 2 N–H and O–H groups in total. The van der Waals surface area contributed by atoms with Crippen molar-refractivity contribution >= 4 is 28.5 Å². The molecule has 0 spiro atoms. The fourth-order valence-corrected chi connectivity index (χ4v) is 4.87. The molecule has 2 heterocycles. The second kappa shape index (κ2) is 11.6. The minimum Gasteiger partial charge on any atom is -0.446 e. The van der Waals surface area contributed by atoms with Crippen molar-refractivity contribution in [3.8, 4) is 0 Å². The molecule has 0 unspecified atom stereocenters. The van der Waals surface area contributed by atoms with E-state index in [1.54, 1.807) is 9.47 Å². The van der Waals surface area contributed by atoms with Crippen LogP contribution in [0.25, 0.3) is 10.9 Å². The third kappa shape index (κ3) is 5.51. The average molecular weight is 509 g/mol. The number of hydrogen-bond acceptors (Lipinski definition) is 6. The van der Waals surface area contributed by atoms with Crippen LogP contribution in [0.5, 0.6) is 0 Å². The number of halogens is 1. The third-order valence-corrected chi connectivity index (χ3v) is 6.77. The number of esters is 1. The molecule has 0 atom stereocenters. The standard InChI is InChI=1S/C28H33FN4O4/c1-3-4-5-12-33-23-11-6-19(2)17-22(23)25(24(27(33)35)28(36)37-18-30)31-13-15-32(16-14-31)26(34)20-7-9-21(29)10-8-20/h6-11,17H,3-5,12-16,18,30H2,1-2H3. The first kappa shape index (κ1) is 26.3. The summed E-state index contributed by atoms with van der Waals surface area (Å²) >= 11 is 0. The fourth-order valence-electron chi connectivity index (χ4n) is 4.87. The van der Waals surface area contributed by atoms with Crippen LogP contribution in [0, 0.1) is 12.7 Å². The number of aromatic nitrogens is 1. The number of ether oxygens (including phenoxy) is 1. The molecule has 196 valence electrons. The molecule has 4 rings (SSSR count). The van der Waals surface area contributed by atoms with E-state index in [2.05, 4.69) is 6.92 Å². The van der Waals surface area contributed by atoms with Gasteiger partial charge in [-0.1, -0.05) is 31.4 Å². The molecule has 37 heavy (non-hydrogen) atoms. The van der Waals surface area contributed by atoms with Gasteiger partial charge in [0.15, 0.2) is 0 Å². The number of hydrogen-bond donors (Lipinski definition) is 1. The number of amides is 1. The minimum absolute atomic E-state index is 0.0293. The van der Waals surface area contributed by atoms with Gasteiger partial charge in [-0.3, -0.25) is 15.3 Å². The Morgan fingerprint density at radius 1 is 1.03 bits per heavy atom. The van der Waals surface area contributed by atoms with Crippen LogP contribution in [-0.2, 0) is 11.3 Å². The quantitative estimate of drug-likeness (QED) is 0.283. The predicted molar refractivity (Wildman–Crippen MR) is 141 cm³/mol. The first-order valence-corrected chi connectivity index (χ1v) is 12.7. The van der Waals surface area contributed by atoms with Gasteiger partial charge in [0.05, 0.1) is 11.2 Å². The summed E-state index contributed by atoms with van der Waals surface area (Å²) in [6, 6.07) is 11.3. The van der Waals surface area contributed by atoms with E-state index in [0.717, 1.165) is 35.7 Å². The molecule has 8 nitrogen and oxygen atoms in total. The van der Waals surface area contributed by atoms with Crippen molar-refractivity contribution in [3.05, 3.63) is 75.3 Å². The number of fused-ring (bicyclic) bond motifs is 1. The first-order chi connectivity index (χ1) is 17.8. The number of carbonyl (C=O) groups excluding carboxylic acids is 2. The van der Waals surface area contributed by atoms with Crippen LogP contribution in [-0.4, -0.2) is 54.3 Å². The number of anilines is 1. The number of nitrogens with zero attached hydrogens (tertiary/aromatic N) is 3. The van der Waals surface area contributed by atoms with Crippen LogP contribution >= 0.6 is 0 Å². The lowest BCUT2D eigenvalue weighted by Crippen LogP contribution is -2.49. The molecule has 1 aromatic heterocycles. The lowest BCUT2D eigenvalue weighted by atomic mass is 10.0. The molecule has 0 aliphatic carbocycles. The topological polar surface area (TPSA) is 97.9 Å². The van der Waals surface area contributed by atoms with E-state index in [1.807, 2.05) is 30.0 Å². The van der Waals surface area contributed by atoms with Gasteiger partial charge in [0.2, 0.25) is 0 Å². The van der Waals surface area contributed by atoms with E-state index in [0.29, 0.717) is 44.0 Å². The Balaban J connectivity index is 1.74. The van der Waals surface area contributed by atoms with E-state index in [4.69, 9.17) is 10.5 Å². The first-order valence-electron chi connectivity index (χ1n) is 12.7. The molecule has 1 fully saturated rings. The normalized spacial score (nSPS) is 13.7. The van der Waals surface area contributed by atoms with Crippen molar-refractivity contribution in [1.29, 1.82) is 0 Å². The van der Waals surface area contributed by atoms with Crippen molar-refractivity contribution in [3.63, 3.8) is 0 Å². The SMILES string of the molecule is CCCCCn1c(=O)c(C(=O)OCN)c(N2CCN(C(=O)c3ccc(F)cc3)CC2)c2cc(C)ccc21. The molecule has 1 saturated heterocycles. The molecule has 2 aromatic carbocycles. The zero-order valence-electron chi connectivity index (χ0n) is 21.3. The third-order valence-electron chi connectivity index (χ3n) is 6.77. The maximum atomic E-state index is 13.7. The number of benzene rings is 2. The van der Waals surface area contributed by atoms with Gasteiger partial charge in [-0.25, -0.2) is 9.18 Å². The van der Waals surface area contributed by atoms with Gasteiger partial charge in [0.1, 0.15) is 18.1 Å². The van der Waals surface area contributed by atoms with E-state index in [9.17, 15) is 18.8 Å². The van der Waals surface area contributed by atoms with Gasteiger partial charge < -0.3 is 19.1 Å². The second-order valence-electron chi connectivity index (χ2n) is 9.29. The molecule has 1 aliphatic heterocycles. The summed E-state index contributed by atoms with van der Waals surface area (Å²) < 4.78 is 20.1. The average Bonchev–Trinajstić information content (AvgIpc) is 2.90. The maximum Gasteiger partial charge on any atom is 0.347 e. The molecule has 1 aliphatic rings. The molecule has 0 radical (unpaired) electrons. The molecule has 9 heteroatoms. The van der Waals surface area contributed by atoms with Gasteiger partial charge in [-0.15, -0.1) is 0 Å². The highest BCUT2D eigenvalue weighted by molar-refractivity contribution is 6.05. The fraction of sp³-hybridized carbons (Fsp3) is 0.393. The molecular weight excluding hydrogens is 475 g/mol. The lowest BCUT2D eigenvalue weighted by molar-refractivity contribution is 0.0512. The smallest absolute Gasteiger partial charge is 0.347 e. The number of nitrogens with two attached hydrogens (primary N) is 1. The summed E-state index contributed by atoms with van der Waals surface area (Å²) in [6.07, 6.45) is 2.79. The molecule has 1 amide bonds. The maximum absolute atomic E-state index is 13.7. The summed E-state index contributed by atoms with van der Waals surface area (Å²) in [4.78, 5) is 43.4. The van der Waals surface area contributed by atoms with Crippen molar-refractivity contribution in [2.45, 2.75) is 39.7 Å². The van der Waals surface area contributed by atoms with Crippen LogP contribution < -0.4 is 16.2 Å². The number of pyridine rings is 1. The van der Waals surface area contributed by atoms with Gasteiger partial charge >= 0.3 is 5.97 Å². The highest BCUT2D eigenvalue weighted by Gasteiger charge is 2.30. The zero-order chi connectivity index (χ0) is 26.5. The largest absolute Gasteiger partial charge is 0.446 e. The van der Waals surface area contributed by atoms with E-state index >= 15 is 0 Å². The Morgan fingerprint density at radius 2 is 1.73 bits per heavy atom. The molecule has 3 aromatic rings. The van der Waals surface area contributed by atoms with Crippen molar-refractivity contribution in [2.24, 2.45) is 5.73 Å². The monoisotopic (exact) mass is 508 g/mol. The van der Waals surface area contributed by atoms with Crippen LogP contribution in [0.1, 0.15) is 52.5 Å². The highest BCUT2D eigenvalue weighted by Crippen LogP contribution is 2.32. The highest BCUT2D eigenvalue weighted by atomic mass is 19.1. The molecule has 0 saturated carbocycles. The molecule has 0 bridgehead atoms. The summed E-state index contributed by atoms with van der Waals surface area (Å²) in [5, 5.41) is 0.790. The van der Waals surface area contributed by atoms with Crippen LogP contribution in [0.2, 0.25) is 0 Å². The van der Waals surface area contributed by atoms with E-state index in [-0.39, 0.29) is 18.2 Å². The number of unbranched alkanes of at least 4 members (excludes halogenated alkanes) is 2. The Morgan fingerprint density at radius 3 is 2.38 bits per heavy atom. The second-order valence-corrected chi connectivity index (χ2v) is 9.29. The summed E-state index contributed by atoms with van der Waals surface area (Å²) in [7, 11) is 0. The minimum atomic E-state index is -0.750. The Kier molecular flexibility index (Phi) is 8.23. The number of piperazine rings is 1. The lowest BCUT2D eigenvalue weighted by Gasteiger charge is -2.37. The van der Waals surface area contributed by atoms with Crippen LogP contribution in [0.4, 0.5) is 10.1 Å². The Labute approximate surface area is 215 Å². The predicted octanol–water partition coefficient (Wildman–Crippen LogP) is 3.67. The van der Waals surface area contributed by atoms with Crippen LogP contribution in [0.3, 0.4) is 0 Å². The summed E-state index contributed by atoms with van der Waals surface area (Å²) in [5.74, 6) is -1.33. The van der Waals surface area contributed by atoms with Gasteiger partial charge in [-0.05, 0) is 49.7 Å². The van der Waals surface area contributed by atoms with Gasteiger partial charge in [0, 0.05) is 43.7 Å². The van der Waals surface area contributed by atoms with Crippen molar-refractivity contribution in [1.82, 2.24) is 9.47 Å². The van der Waals surface area contributed by atoms with Crippen LogP contribution in [0.15, 0.2) is 47.3 Å². The van der Waals surface area contributed by atoms with Crippen molar-refractivity contribution in [2.75, 3.05) is 37.8 Å². The Hall–Kier alpha value is -3.72. The van der Waals surface area contributed by atoms with Crippen molar-refractivity contribution < 1.29 is 18.7 Å². The van der Waals surface area contributed by atoms with Gasteiger partial charge in [0.25, 0.3) is 11.5 Å². The van der Waals surface area contributed by atoms with E-state index in [1.165, 1.54) is 24.3 Å². The zero-order valence-corrected chi connectivity index (χ0v) is 21.3.